The van der Waals surface area contributed by atoms with Crippen LogP contribution in [-0.2, 0) is 4.79 Å². The zero-order valence-corrected chi connectivity index (χ0v) is 11.0. The fraction of sp³-hybridized carbons (Fsp3) is 0.923. The minimum atomic E-state index is -0.369. The van der Waals surface area contributed by atoms with Gasteiger partial charge in [0.15, 0.2) is 0 Å². The normalized spacial score (nSPS) is 32.5. The molecule has 94 valence electrons. The van der Waals surface area contributed by atoms with Crippen molar-refractivity contribution in [2.45, 2.75) is 59.0 Å². The van der Waals surface area contributed by atoms with Crippen LogP contribution in [-0.4, -0.2) is 18.0 Å². The number of hydrogen-bond acceptors (Lipinski definition) is 2. The Morgan fingerprint density at radius 3 is 2.44 bits per heavy atom. The first-order valence-corrected chi connectivity index (χ1v) is 6.47. The van der Waals surface area contributed by atoms with E-state index in [1.807, 2.05) is 13.8 Å². The largest absolute Gasteiger partial charge is 0.352 e. The maximum atomic E-state index is 11.8. The van der Waals surface area contributed by atoms with E-state index >= 15 is 0 Å². The van der Waals surface area contributed by atoms with Crippen molar-refractivity contribution in [2.75, 3.05) is 0 Å². The summed E-state index contributed by atoms with van der Waals surface area (Å²) in [4.78, 5) is 11.8. The molecule has 0 aromatic carbocycles. The summed E-state index contributed by atoms with van der Waals surface area (Å²) in [5.74, 6) is 1.59. The molecule has 3 heteroatoms. The van der Waals surface area contributed by atoms with E-state index in [-0.39, 0.29) is 17.9 Å². The summed E-state index contributed by atoms with van der Waals surface area (Å²) in [7, 11) is 0. The number of carbonyl (C=O) groups excluding carboxylic acids is 1. The van der Waals surface area contributed by atoms with Gasteiger partial charge in [-0.05, 0) is 37.0 Å². The van der Waals surface area contributed by atoms with E-state index in [9.17, 15) is 4.79 Å². The van der Waals surface area contributed by atoms with Gasteiger partial charge in [-0.2, -0.15) is 0 Å². The van der Waals surface area contributed by atoms with Gasteiger partial charge in [0.2, 0.25) is 5.91 Å². The summed E-state index contributed by atoms with van der Waals surface area (Å²) < 4.78 is 0. The third-order valence-electron chi connectivity index (χ3n) is 3.78. The summed E-state index contributed by atoms with van der Waals surface area (Å²) in [5.41, 5.74) is 5.84. The van der Waals surface area contributed by atoms with Crippen molar-refractivity contribution in [3.05, 3.63) is 0 Å². The highest BCUT2D eigenvalue weighted by Gasteiger charge is 2.28. The summed E-state index contributed by atoms with van der Waals surface area (Å²) >= 11 is 0. The van der Waals surface area contributed by atoms with Crippen LogP contribution in [0.1, 0.15) is 47.0 Å². The van der Waals surface area contributed by atoms with Gasteiger partial charge >= 0.3 is 0 Å². The highest BCUT2D eigenvalue weighted by atomic mass is 16.2. The lowest BCUT2D eigenvalue weighted by Gasteiger charge is -2.34. The second kappa shape index (κ2) is 5.67. The van der Waals surface area contributed by atoms with Gasteiger partial charge in [-0.15, -0.1) is 0 Å². The van der Waals surface area contributed by atoms with E-state index < -0.39 is 0 Å². The molecule has 1 rings (SSSR count). The van der Waals surface area contributed by atoms with Crippen LogP contribution < -0.4 is 11.1 Å². The third-order valence-corrected chi connectivity index (χ3v) is 3.78. The van der Waals surface area contributed by atoms with E-state index in [0.29, 0.717) is 12.0 Å². The van der Waals surface area contributed by atoms with E-state index in [4.69, 9.17) is 5.73 Å². The molecule has 0 saturated heterocycles. The van der Waals surface area contributed by atoms with Crippen molar-refractivity contribution >= 4 is 5.91 Å². The standard InChI is InChI=1S/C13H26N2O/c1-8(2)12(14)13(16)15-11-6-5-9(3)7-10(11)4/h8-12H,5-7,14H2,1-4H3,(H,15,16)/t9?,10?,11?,12-/m1/s1. The van der Waals surface area contributed by atoms with Crippen LogP contribution in [0.25, 0.3) is 0 Å². The molecule has 3 unspecified atom stereocenters. The zero-order chi connectivity index (χ0) is 12.3. The van der Waals surface area contributed by atoms with Crippen LogP contribution in [0.5, 0.6) is 0 Å². The fourth-order valence-corrected chi connectivity index (χ4v) is 2.46. The number of nitrogens with two attached hydrogens (primary N) is 1. The minimum Gasteiger partial charge on any atom is -0.352 e. The van der Waals surface area contributed by atoms with Gasteiger partial charge in [-0.3, -0.25) is 4.79 Å². The summed E-state index contributed by atoms with van der Waals surface area (Å²) in [6.07, 6.45) is 3.52. The van der Waals surface area contributed by atoms with E-state index in [0.717, 1.165) is 12.3 Å². The van der Waals surface area contributed by atoms with Gasteiger partial charge in [-0.1, -0.05) is 27.7 Å². The summed E-state index contributed by atoms with van der Waals surface area (Å²) in [6, 6.07) is -0.0416. The Morgan fingerprint density at radius 2 is 1.94 bits per heavy atom. The molecule has 4 atom stereocenters. The predicted octanol–water partition coefficient (Wildman–Crippen LogP) is 1.91. The van der Waals surface area contributed by atoms with Crippen LogP contribution in [0.4, 0.5) is 0 Å². The molecule has 1 fully saturated rings. The van der Waals surface area contributed by atoms with Crippen molar-refractivity contribution in [1.82, 2.24) is 5.32 Å². The maximum Gasteiger partial charge on any atom is 0.237 e. The van der Waals surface area contributed by atoms with Crippen molar-refractivity contribution in [3.63, 3.8) is 0 Å². The molecule has 0 heterocycles. The number of carbonyl (C=O) groups is 1. The molecule has 16 heavy (non-hydrogen) atoms. The van der Waals surface area contributed by atoms with E-state index in [2.05, 4.69) is 19.2 Å². The van der Waals surface area contributed by atoms with Crippen LogP contribution in [0.2, 0.25) is 0 Å². The summed E-state index contributed by atoms with van der Waals surface area (Å²) in [5, 5.41) is 3.11. The maximum absolute atomic E-state index is 11.8. The average molecular weight is 226 g/mol. The Morgan fingerprint density at radius 1 is 1.31 bits per heavy atom. The Balaban J connectivity index is 2.45. The lowest BCUT2D eigenvalue weighted by atomic mass is 9.79. The second-order valence-corrected chi connectivity index (χ2v) is 5.78. The van der Waals surface area contributed by atoms with Gasteiger partial charge in [0, 0.05) is 6.04 Å². The smallest absolute Gasteiger partial charge is 0.237 e. The molecule has 1 saturated carbocycles. The molecule has 1 aliphatic carbocycles. The second-order valence-electron chi connectivity index (χ2n) is 5.78. The number of amides is 1. The van der Waals surface area contributed by atoms with Gasteiger partial charge in [0.05, 0.1) is 6.04 Å². The van der Waals surface area contributed by atoms with Crippen molar-refractivity contribution in [3.8, 4) is 0 Å². The molecular weight excluding hydrogens is 200 g/mol. The van der Waals surface area contributed by atoms with Crippen molar-refractivity contribution in [2.24, 2.45) is 23.5 Å². The lowest BCUT2D eigenvalue weighted by Crippen LogP contribution is -2.50. The fourth-order valence-electron chi connectivity index (χ4n) is 2.46. The molecule has 0 aromatic rings. The van der Waals surface area contributed by atoms with Crippen LogP contribution >= 0.6 is 0 Å². The minimum absolute atomic E-state index is 0.0152. The number of nitrogens with one attached hydrogen (secondary N) is 1. The predicted molar refractivity (Wildman–Crippen MR) is 66.9 cm³/mol. The SMILES string of the molecule is CC1CCC(NC(=O)[C@H](N)C(C)C)C(C)C1. The molecule has 1 amide bonds. The molecule has 0 aliphatic heterocycles. The number of hydrogen-bond donors (Lipinski definition) is 2. The van der Waals surface area contributed by atoms with Crippen LogP contribution in [0.3, 0.4) is 0 Å². The average Bonchev–Trinajstić information content (AvgIpc) is 2.20. The first-order valence-electron chi connectivity index (χ1n) is 6.47. The van der Waals surface area contributed by atoms with Gasteiger partial charge < -0.3 is 11.1 Å². The number of rotatable bonds is 3. The first-order chi connectivity index (χ1) is 7.41. The molecular formula is C13H26N2O. The van der Waals surface area contributed by atoms with E-state index in [1.165, 1.54) is 12.8 Å². The first kappa shape index (κ1) is 13.5. The molecule has 1 aliphatic rings. The zero-order valence-electron chi connectivity index (χ0n) is 11.0. The summed E-state index contributed by atoms with van der Waals surface area (Å²) in [6.45, 7) is 8.48. The lowest BCUT2D eigenvalue weighted by molar-refractivity contribution is -0.124. The van der Waals surface area contributed by atoms with Crippen LogP contribution in [0, 0.1) is 17.8 Å². The molecule has 0 radical (unpaired) electrons. The Bertz CT molecular complexity index is 240. The van der Waals surface area contributed by atoms with Gasteiger partial charge in [0.25, 0.3) is 0 Å². The Hall–Kier alpha value is -0.570. The molecule has 0 bridgehead atoms. The molecule has 3 N–H and O–H groups in total. The molecule has 0 spiro atoms. The Kier molecular flexibility index (Phi) is 4.78. The quantitative estimate of drug-likeness (QED) is 0.772. The molecule has 3 nitrogen and oxygen atoms in total. The highest BCUT2D eigenvalue weighted by Crippen LogP contribution is 2.28. The highest BCUT2D eigenvalue weighted by molar-refractivity contribution is 5.82. The molecule has 0 aromatic heterocycles. The van der Waals surface area contributed by atoms with Crippen LogP contribution in [0.15, 0.2) is 0 Å². The third kappa shape index (κ3) is 3.48. The Labute approximate surface area is 99.2 Å². The van der Waals surface area contributed by atoms with Gasteiger partial charge in [-0.25, -0.2) is 0 Å². The van der Waals surface area contributed by atoms with Gasteiger partial charge in [0.1, 0.15) is 0 Å². The van der Waals surface area contributed by atoms with Crippen molar-refractivity contribution in [1.29, 1.82) is 0 Å². The van der Waals surface area contributed by atoms with Crippen molar-refractivity contribution < 1.29 is 4.79 Å². The monoisotopic (exact) mass is 226 g/mol. The van der Waals surface area contributed by atoms with E-state index in [1.54, 1.807) is 0 Å². The topological polar surface area (TPSA) is 55.1 Å².